The van der Waals surface area contributed by atoms with Crippen molar-refractivity contribution in [3.8, 4) is 0 Å². The molecular formula is C15H14N2O4. The zero-order chi connectivity index (χ0) is 14.8. The summed E-state index contributed by atoms with van der Waals surface area (Å²) in [6.45, 7) is 0.590. The maximum absolute atomic E-state index is 12.7. The Kier molecular flexibility index (Phi) is 3.53. The molecule has 0 saturated carbocycles. The molecule has 0 aliphatic carbocycles. The number of benzene rings is 1. The third-order valence-corrected chi connectivity index (χ3v) is 3.55. The first-order chi connectivity index (χ1) is 10.2. The van der Waals surface area contributed by atoms with Crippen LogP contribution in [0.2, 0.25) is 0 Å². The highest BCUT2D eigenvalue weighted by molar-refractivity contribution is 6.06. The molecule has 1 saturated heterocycles. The molecule has 1 aromatic carbocycles. The Labute approximate surface area is 121 Å². The van der Waals surface area contributed by atoms with Gasteiger partial charge in [0.15, 0.2) is 6.04 Å². The van der Waals surface area contributed by atoms with Gasteiger partial charge < -0.3 is 14.7 Å². The fourth-order valence-corrected chi connectivity index (χ4v) is 2.48. The minimum absolute atomic E-state index is 0.00579. The molecule has 0 radical (unpaired) electrons. The molecule has 21 heavy (non-hydrogen) atoms. The monoisotopic (exact) mass is 286 g/mol. The van der Waals surface area contributed by atoms with E-state index in [1.165, 1.54) is 4.90 Å². The van der Waals surface area contributed by atoms with Gasteiger partial charge in [-0.25, -0.2) is 4.79 Å². The van der Waals surface area contributed by atoms with E-state index in [1.807, 2.05) is 30.3 Å². The smallest absolute Gasteiger partial charge is 0.328 e. The van der Waals surface area contributed by atoms with Gasteiger partial charge in [0, 0.05) is 18.1 Å². The van der Waals surface area contributed by atoms with Crippen molar-refractivity contribution >= 4 is 22.6 Å². The number of ether oxygens (including phenoxy) is 1. The molecule has 0 bridgehead atoms. The van der Waals surface area contributed by atoms with E-state index in [2.05, 4.69) is 4.98 Å². The van der Waals surface area contributed by atoms with Gasteiger partial charge in [-0.2, -0.15) is 0 Å². The second kappa shape index (κ2) is 5.49. The van der Waals surface area contributed by atoms with E-state index in [0.29, 0.717) is 6.61 Å². The van der Waals surface area contributed by atoms with Crippen LogP contribution in [0.1, 0.15) is 10.5 Å². The molecule has 3 rings (SSSR count). The van der Waals surface area contributed by atoms with Gasteiger partial charge in [-0.3, -0.25) is 9.78 Å². The molecule has 0 spiro atoms. The molecular weight excluding hydrogens is 272 g/mol. The Morgan fingerprint density at radius 3 is 2.90 bits per heavy atom. The predicted octanol–water partition coefficient (Wildman–Crippen LogP) is 1.16. The van der Waals surface area contributed by atoms with Gasteiger partial charge in [-0.05, 0) is 11.5 Å². The number of rotatable bonds is 2. The van der Waals surface area contributed by atoms with Crippen LogP contribution in [0, 0.1) is 0 Å². The normalized spacial score (nSPS) is 18.7. The molecule has 2 heterocycles. The Morgan fingerprint density at radius 2 is 2.10 bits per heavy atom. The minimum Gasteiger partial charge on any atom is -0.480 e. The molecule has 1 atom stereocenters. The highest BCUT2D eigenvalue weighted by atomic mass is 16.5. The number of carboxylic acid groups (broad SMARTS) is 1. The number of morpholine rings is 1. The zero-order valence-corrected chi connectivity index (χ0v) is 11.2. The Hall–Kier alpha value is -2.47. The molecule has 1 N–H and O–H groups in total. The van der Waals surface area contributed by atoms with Crippen LogP contribution in [-0.4, -0.2) is 52.7 Å². The molecule has 0 unspecified atom stereocenters. The summed E-state index contributed by atoms with van der Waals surface area (Å²) in [5.74, 6) is -1.44. The second-order valence-corrected chi connectivity index (χ2v) is 4.81. The number of hydrogen-bond donors (Lipinski definition) is 1. The van der Waals surface area contributed by atoms with Crippen molar-refractivity contribution in [2.45, 2.75) is 6.04 Å². The van der Waals surface area contributed by atoms with Gasteiger partial charge in [0.1, 0.15) is 5.69 Å². The lowest BCUT2D eigenvalue weighted by Crippen LogP contribution is -2.52. The van der Waals surface area contributed by atoms with Crippen LogP contribution < -0.4 is 0 Å². The summed E-state index contributed by atoms with van der Waals surface area (Å²) in [6.07, 6.45) is 1.56. The van der Waals surface area contributed by atoms with Crippen LogP contribution >= 0.6 is 0 Å². The number of aliphatic carboxylic acids is 1. The lowest BCUT2D eigenvalue weighted by atomic mass is 10.1. The molecule has 1 fully saturated rings. The first kappa shape index (κ1) is 13.5. The Morgan fingerprint density at radius 1 is 1.29 bits per heavy atom. The summed E-state index contributed by atoms with van der Waals surface area (Å²) in [7, 11) is 0. The summed E-state index contributed by atoms with van der Waals surface area (Å²) in [4.78, 5) is 29.4. The summed E-state index contributed by atoms with van der Waals surface area (Å²) >= 11 is 0. The Bertz CT molecular complexity index is 696. The summed E-state index contributed by atoms with van der Waals surface area (Å²) in [5.41, 5.74) is 0.279. The molecule has 108 valence electrons. The molecule has 1 aromatic heterocycles. The average molecular weight is 286 g/mol. The number of hydrogen-bond acceptors (Lipinski definition) is 4. The first-order valence-electron chi connectivity index (χ1n) is 6.64. The largest absolute Gasteiger partial charge is 0.480 e. The quantitative estimate of drug-likeness (QED) is 0.896. The fraction of sp³-hybridized carbons (Fsp3) is 0.267. The van der Waals surface area contributed by atoms with Gasteiger partial charge in [0.05, 0.1) is 13.2 Å². The summed E-state index contributed by atoms with van der Waals surface area (Å²) < 4.78 is 5.15. The minimum atomic E-state index is -1.07. The number of carboxylic acids is 1. The lowest BCUT2D eigenvalue weighted by Gasteiger charge is -2.32. The topological polar surface area (TPSA) is 79.7 Å². The predicted molar refractivity (Wildman–Crippen MR) is 75.0 cm³/mol. The van der Waals surface area contributed by atoms with Crippen molar-refractivity contribution in [3.63, 3.8) is 0 Å². The van der Waals surface area contributed by atoms with Crippen LogP contribution in [0.3, 0.4) is 0 Å². The summed E-state index contributed by atoms with van der Waals surface area (Å²) in [6, 6.07) is 8.26. The Balaban J connectivity index is 2.01. The van der Waals surface area contributed by atoms with Gasteiger partial charge in [0.2, 0.25) is 0 Å². The third kappa shape index (κ3) is 2.45. The maximum Gasteiger partial charge on any atom is 0.328 e. The van der Waals surface area contributed by atoms with Gasteiger partial charge in [0.25, 0.3) is 5.91 Å². The number of amides is 1. The molecule has 6 nitrogen and oxygen atoms in total. The molecule has 1 aliphatic heterocycles. The zero-order valence-electron chi connectivity index (χ0n) is 11.2. The van der Waals surface area contributed by atoms with Gasteiger partial charge in [-0.1, -0.05) is 24.3 Å². The van der Waals surface area contributed by atoms with Crippen molar-refractivity contribution in [1.29, 1.82) is 0 Å². The number of aromatic nitrogens is 1. The van der Waals surface area contributed by atoms with E-state index in [1.54, 1.807) is 6.20 Å². The number of nitrogens with zero attached hydrogens (tertiary/aromatic N) is 2. The van der Waals surface area contributed by atoms with Gasteiger partial charge >= 0.3 is 5.97 Å². The molecule has 2 aromatic rings. The van der Waals surface area contributed by atoms with Crippen molar-refractivity contribution in [2.75, 3.05) is 19.8 Å². The second-order valence-electron chi connectivity index (χ2n) is 4.81. The van der Waals surface area contributed by atoms with E-state index >= 15 is 0 Å². The molecule has 1 aliphatic rings. The average Bonchev–Trinajstić information content (AvgIpc) is 2.53. The maximum atomic E-state index is 12.7. The highest BCUT2D eigenvalue weighted by Gasteiger charge is 2.34. The van der Waals surface area contributed by atoms with Crippen molar-refractivity contribution in [1.82, 2.24) is 9.88 Å². The van der Waals surface area contributed by atoms with Crippen LogP contribution in [0.15, 0.2) is 36.5 Å². The number of carbonyl (C=O) groups is 2. The molecule has 6 heteroatoms. The fourth-order valence-electron chi connectivity index (χ4n) is 2.48. The van der Waals surface area contributed by atoms with E-state index < -0.39 is 12.0 Å². The van der Waals surface area contributed by atoms with Gasteiger partial charge in [-0.15, -0.1) is 0 Å². The highest BCUT2D eigenvalue weighted by Crippen LogP contribution is 2.20. The van der Waals surface area contributed by atoms with E-state index in [-0.39, 0.29) is 24.8 Å². The third-order valence-electron chi connectivity index (χ3n) is 3.55. The lowest BCUT2D eigenvalue weighted by molar-refractivity contribution is -0.147. The van der Waals surface area contributed by atoms with Crippen LogP contribution in [-0.2, 0) is 9.53 Å². The van der Waals surface area contributed by atoms with Crippen LogP contribution in [0.5, 0.6) is 0 Å². The first-order valence-corrected chi connectivity index (χ1v) is 6.64. The van der Waals surface area contributed by atoms with Crippen molar-refractivity contribution in [3.05, 3.63) is 42.2 Å². The SMILES string of the molecule is O=C(O)[C@H]1COCCN1C(=O)c1nccc2ccccc12. The van der Waals surface area contributed by atoms with Crippen molar-refractivity contribution in [2.24, 2.45) is 0 Å². The number of pyridine rings is 1. The van der Waals surface area contributed by atoms with E-state index in [4.69, 9.17) is 4.74 Å². The van der Waals surface area contributed by atoms with Crippen LogP contribution in [0.25, 0.3) is 10.8 Å². The van der Waals surface area contributed by atoms with E-state index in [9.17, 15) is 14.7 Å². The number of carbonyl (C=O) groups excluding carboxylic acids is 1. The van der Waals surface area contributed by atoms with E-state index in [0.717, 1.165) is 10.8 Å². The molecule has 1 amide bonds. The standard InChI is InChI=1S/C15H14N2O4/c18-14(17-7-8-21-9-12(17)15(19)20)13-11-4-2-1-3-10(11)5-6-16-13/h1-6,12H,7-9H2,(H,19,20)/t12-/m1/s1. The van der Waals surface area contributed by atoms with Crippen LogP contribution in [0.4, 0.5) is 0 Å². The number of fused-ring (bicyclic) bond motifs is 1. The van der Waals surface area contributed by atoms with Crippen molar-refractivity contribution < 1.29 is 19.4 Å². The summed E-state index contributed by atoms with van der Waals surface area (Å²) in [5, 5.41) is 10.8.